The lowest BCUT2D eigenvalue weighted by Gasteiger charge is -2.20. The zero-order valence-electron chi connectivity index (χ0n) is 8.84. The van der Waals surface area contributed by atoms with Crippen molar-refractivity contribution in [2.24, 2.45) is 5.73 Å². The maximum atomic E-state index is 6.05. The van der Waals surface area contributed by atoms with Crippen LogP contribution >= 0.6 is 11.3 Å². The molecule has 15 heavy (non-hydrogen) atoms. The van der Waals surface area contributed by atoms with E-state index in [2.05, 4.69) is 9.97 Å². The first-order chi connectivity index (χ1) is 7.07. The van der Waals surface area contributed by atoms with Crippen molar-refractivity contribution in [2.75, 3.05) is 0 Å². The fourth-order valence-electron chi connectivity index (χ4n) is 1.47. The zero-order chi connectivity index (χ0) is 10.9. The molecular formula is C10H14N4S. The smallest absolute Gasteiger partial charge is 0.0952 e. The number of nitrogens with zero attached hydrogens (tertiary/aromatic N) is 3. The summed E-state index contributed by atoms with van der Waals surface area (Å²) in [6, 6.07) is 0. The Morgan fingerprint density at radius 3 is 2.93 bits per heavy atom. The Morgan fingerprint density at radius 2 is 2.33 bits per heavy atom. The highest BCUT2D eigenvalue weighted by Gasteiger charge is 2.19. The minimum atomic E-state index is -0.369. The first-order valence-corrected chi connectivity index (χ1v) is 5.68. The molecule has 0 aliphatic rings. The standard InChI is InChI=1S/C10H14N4S/c1-10(2,11)9-3-12-6-14(9)4-8-5-15-7-13-8/h3,5-7H,4,11H2,1-2H3. The Hall–Kier alpha value is -1.20. The molecule has 0 fully saturated rings. The molecule has 4 nitrogen and oxygen atoms in total. The van der Waals surface area contributed by atoms with Gasteiger partial charge in [-0.25, -0.2) is 9.97 Å². The van der Waals surface area contributed by atoms with E-state index in [1.165, 1.54) is 0 Å². The molecule has 80 valence electrons. The van der Waals surface area contributed by atoms with Gasteiger partial charge in [-0.1, -0.05) is 0 Å². The summed E-state index contributed by atoms with van der Waals surface area (Å²) in [6.45, 7) is 4.68. The second-order valence-corrected chi connectivity index (χ2v) is 4.83. The van der Waals surface area contributed by atoms with Crippen molar-refractivity contribution in [2.45, 2.75) is 25.9 Å². The van der Waals surface area contributed by atoms with Crippen molar-refractivity contribution in [1.29, 1.82) is 0 Å². The van der Waals surface area contributed by atoms with Crippen LogP contribution in [0.1, 0.15) is 25.2 Å². The number of rotatable bonds is 3. The van der Waals surface area contributed by atoms with Crippen LogP contribution in [0.15, 0.2) is 23.4 Å². The topological polar surface area (TPSA) is 56.7 Å². The Morgan fingerprint density at radius 1 is 1.53 bits per heavy atom. The van der Waals surface area contributed by atoms with Gasteiger partial charge in [0.2, 0.25) is 0 Å². The molecule has 5 heteroatoms. The predicted octanol–water partition coefficient (Wildman–Crippen LogP) is 1.58. The van der Waals surface area contributed by atoms with E-state index in [0.29, 0.717) is 0 Å². The summed E-state index contributed by atoms with van der Waals surface area (Å²) in [7, 11) is 0. The highest BCUT2D eigenvalue weighted by Crippen LogP contribution is 2.17. The van der Waals surface area contributed by atoms with E-state index in [1.807, 2.05) is 35.5 Å². The number of aromatic nitrogens is 3. The second kappa shape index (κ2) is 3.75. The molecule has 0 amide bonds. The summed E-state index contributed by atoms with van der Waals surface area (Å²) in [6.07, 6.45) is 3.61. The summed E-state index contributed by atoms with van der Waals surface area (Å²) in [5, 5.41) is 2.04. The molecule has 2 heterocycles. The molecule has 0 saturated carbocycles. The van der Waals surface area contributed by atoms with Crippen LogP contribution < -0.4 is 5.73 Å². The summed E-state index contributed by atoms with van der Waals surface area (Å²) >= 11 is 1.60. The van der Waals surface area contributed by atoms with E-state index in [-0.39, 0.29) is 5.54 Å². The summed E-state index contributed by atoms with van der Waals surface area (Å²) in [5.74, 6) is 0. The Kier molecular flexibility index (Phi) is 2.58. The molecule has 0 unspecified atom stereocenters. The Bertz CT molecular complexity index is 424. The van der Waals surface area contributed by atoms with Gasteiger partial charge < -0.3 is 10.3 Å². The van der Waals surface area contributed by atoms with Crippen LogP contribution in [0, 0.1) is 0 Å². The lowest BCUT2D eigenvalue weighted by molar-refractivity contribution is 0.502. The average Bonchev–Trinajstić information content (AvgIpc) is 2.73. The van der Waals surface area contributed by atoms with Gasteiger partial charge in [-0.3, -0.25) is 0 Å². The quantitative estimate of drug-likeness (QED) is 0.857. The molecule has 2 aromatic rings. The maximum absolute atomic E-state index is 6.05. The van der Waals surface area contributed by atoms with Gasteiger partial charge in [0, 0.05) is 11.6 Å². The molecule has 0 spiro atoms. The van der Waals surface area contributed by atoms with Gasteiger partial charge in [0.25, 0.3) is 0 Å². The maximum Gasteiger partial charge on any atom is 0.0952 e. The lowest BCUT2D eigenvalue weighted by Crippen LogP contribution is -2.31. The predicted molar refractivity (Wildman–Crippen MR) is 60.7 cm³/mol. The molecule has 0 aliphatic carbocycles. The minimum Gasteiger partial charge on any atom is -0.327 e. The lowest BCUT2D eigenvalue weighted by atomic mass is 10.0. The van der Waals surface area contributed by atoms with E-state index in [0.717, 1.165) is 17.9 Å². The van der Waals surface area contributed by atoms with Crippen molar-refractivity contribution in [1.82, 2.24) is 14.5 Å². The summed E-state index contributed by atoms with van der Waals surface area (Å²) < 4.78 is 2.04. The molecule has 0 saturated heterocycles. The molecule has 2 N–H and O–H groups in total. The molecule has 2 rings (SSSR count). The number of thiazole rings is 1. The average molecular weight is 222 g/mol. The van der Waals surface area contributed by atoms with Crippen molar-refractivity contribution in [3.05, 3.63) is 34.8 Å². The SMILES string of the molecule is CC(C)(N)c1cncn1Cc1cscn1. The van der Waals surface area contributed by atoms with Crippen molar-refractivity contribution in [3.8, 4) is 0 Å². The Labute approximate surface area is 92.8 Å². The van der Waals surface area contributed by atoms with Crippen molar-refractivity contribution >= 4 is 11.3 Å². The van der Waals surface area contributed by atoms with Crippen LogP contribution in [0.25, 0.3) is 0 Å². The van der Waals surface area contributed by atoms with Gasteiger partial charge in [-0.2, -0.15) is 0 Å². The van der Waals surface area contributed by atoms with Crippen LogP contribution in [0.2, 0.25) is 0 Å². The normalized spacial score (nSPS) is 11.9. The monoisotopic (exact) mass is 222 g/mol. The van der Waals surface area contributed by atoms with Crippen LogP contribution in [0.4, 0.5) is 0 Å². The molecule has 0 atom stereocenters. The zero-order valence-corrected chi connectivity index (χ0v) is 9.66. The molecule has 0 bridgehead atoms. The van der Waals surface area contributed by atoms with Crippen LogP contribution in [0.3, 0.4) is 0 Å². The van der Waals surface area contributed by atoms with Gasteiger partial charge in [0.1, 0.15) is 0 Å². The van der Waals surface area contributed by atoms with Crippen LogP contribution in [0.5, 0.6) is 0 Å². The summed E-state index contributed by atoms with van der Waals surface area (Å²) in [5.41, 5.74) is 9.59. The van der Waals surface area contributed by atoms with Gasteiger partial charge in [0.05, 0.1) is 35.3 Å². The van der Waals surface area contributed by atoms with Crippen LogP contribution in [-0.4, -0.2) is 14.5 Å². The number of imidazole rings is 1. The molecule has 0 aromatic carbocycles. The van der Waals surface area contributed by atoms with Crippen molar-refractivity contribution < 1.29 is 0 Å². The minimum absolute atomic E-state index is 0.369. The van der Waals surface area contributed by atoms with Gasteiger partial charge in [-0.15, -0.1) is 11.3 Å². The van der Waals surface area contributed by atoms with E-state index in [4.69, 9.17) is 5.73 Å². The van der Waals surface area contributed by atoms with Gasteiger partial charge in [-0.05, 0) is 13.8 Å². The van der Waals surface area contributed by atoms with Crippen molar-refractivity contribution in [3.63, 3.8) is 0 Å². The van der Waals surface area contributed by atoms with E-state index in [9.17, 15) is 0 Å². The molecule has 2 aromatic heterocycles. The third-order valence-corrected chi connectivity index (χ3v) is 2.82. The summed E-state index contributed by atoms with van der Waals surface area (Å²) in [4.78, 5) is 8.37. The van der Waals surface area contributed by atoms with E-state index >= 15 is 0 Å². The highest BCUT2D eigenvalue weighted by atomic mass is 32.1. The third kappa shape index (κ3) is 2.24. The molecule has 0 radical (unpaired) electrons. The second-order valence-electron chi connectivity index (χ2n) is 4.11. The first kappa shape index (κ1) is 10.3. The molecule has 0 aliphatic heterocycles. The Balaban J connectivity index is 2.26. The number of hydrogen-bond donors (Lipinski definition) is 1. The molecular weight excluding hydrogens is 208 g/mol. The van der Waals surface area contributed by atoms with E-state index < -0.39 is 0 Å². The number of nitrogens with two attached hydrogens (primary N) is 1. The fourth-order valence-corrected chi connectivity index (χ4v) is 2.02. The van der Waals surface area contributed by atoms with E-state index in [1.54, 1.807) is 17.7 Å². The first-order valence-electron chi connectivity index (χ1n) is 4.74. The van der Waals surface area contributed by atoms with Crippen LogP contribution in [-0.2, 0) is 12.1 Å². The van der Waals surface area contributed by atoms with Gasteiger partial charge in [0.15, 0.2) is 0 Å². The van der Waals surface area contributed by atoms with Gasteiger partial charge >= 0.3 is 0 Å². The fraction of sp³-hybridized carbons (Fsp3) is 0.400. The third-order valence-electron chi connectivity index (χ3n) is 2.19. The number of hydrogen-bond acceptors (Lipinski definition) is 4. The highest BCUT2D eigenvalue weighted by molar-refractivity contribution is 7.07. The largest absolute Gasteiger partial charge is 0.327 e.